The first-order valence-electron chi connectivity index (χ1n) is 4.10. The lowest BCUT2D eigenvalue weighted by molar-refractivity contribution is 0.188. The average molecular weight is 185 g/mol. The predicted octanol–water partition coefficient (Wildman–Crippen LogP) is 1.65. The minimum absolute atomic E-state index is 0.239. The van der Waals surface area contributed by atoms with Crippen molar-refractivity contribution in [3.05, 3.63) is 22.4 Å². The molecule has 0 saturated heterocycles. The minimum atomic E-state index is 0.239. The van der Waals surface area contributed by atoms with Gasteiger partial charge in [0.05, 0.1) is 0 Å². The van der Waals surface area contributed by atoms with E-state index in [9.17, 15) is 0 Å². The molecule has 3 heteroatoms. The first-order chi connectivity index (χ1) is 5.83. The van der Waals surface area contributed by atoms with Gasteiger partial charge >= 0.3 is 0 Å². The van der Waals surface area contributed by atoms with Crippen LogP contribution in [0.3, 0.4) is 0 Å². The standard InChI is InChI=1S/C9H15NOS/c1-11-5-4-8(10)7-9-3-2-6-12-9/h2-3,6,8H,4-5,7,10H2,1H3. The monoisotopic (exact) mass is 185 g/mol. The van der Waals surface area contributed by atoms with Crippen molar-refractivity contribution in [3.63, 3.8) is 0 Å². The molecule has 1 unspecified atom stereocenters. The molecule has 0 amide bonds. The van der Waals surface area contributed by atoms with Crippen LogP contribution < -0.4 is 5.73 Å². The molecule has 2 nitrogen and oxygen atoms in total. The molecule has 0 aliphatic heterocycles. The molecule has 0 aliphatic rings. The van der Waals surface area contributed by atoms with Crippen LogP contribution in [0.4, 0.5) is 0 Å². The van der Waals surface area contributed by atoms with E-state index in [1.54, 1.807) is 18.4 Å². The van der Waals surface area contributed by atoms with Crippen LogP contribution >= 0.6 is 11.3 Å². The molecule has 0 bridgehead atoms. The minimum Gasteiger partial charge on any atom is -0.385 e. The number of thiophene rings is 1. The summed E-state index contributed by atoms with van der Waals surface area (Å²) < 4.78 is 4.96. The highest BCUT2D eigenvalue weighted by Crippen LogP contribution is 2.11. The van der Waals surface area contributed by atoms with Crippen LogP contribution in [0.1, 0.15) is 11.3 Å². The third-order valence-corrected chi connectivity index (χ3v) is 2.63. The van der Waals surface area contributed by atoms with Crippen molar-refractivity contribution in [2.24, 2.45) is 5.73 Å². The van der Waals surface area contributed by atoms with Gasteiger partial charge in [0, 0.05) is 24.6 Å². The number of hydrogen-bond acceptors (Lipinski definition) is 3. The maximum absolute atomic E-state index is 5.88. The Bertz CT molecular complexity index is 198. The quantitative estimate of drug-likeness (QED) is 0.757. The lowest BCUT2D eigenvalue weighted by Crippen LogP contribution is -2.23. The van der Waals surface area contributed by atoms with Gasteiger partial charge in [0.2, 0.25) is 0 Å². The Labute approximate surface area is 77.3 Å². The number of rotatable bonds is 5. The second kappa shape index (κ2) is 5.30. The maximum Gasteiger partial charge on any atom is 0.0477 e. The number of ether oxygens (including phenoxy) is 1. The molecule has 0 fully saturated rings. The second-order valence-electron chi connectivity index (χ2n) is 2.83. The van der Waals surface area contributed by atoms with Gasteiger partial charge in [-0.25, -0.2) is 0 Å². The average Bonchev–Trinajstić information content (AvgIpc) is 2.53. The largest absolute Gasteiger partial charge is 0.385 e. The topological polar surface area (TPSA) is 35.2 Å². The van der Waals surface area contributed by atoms with Crippen molar-refractivity contribution >= 4 is 11.3 Å². The molecule has 1 aromatic rings. The summed E-state index contributed by atoms with van der Waals surface area (Å²) in [4.78, 5) is 1.36. The van der Waals surface area contributed by atoms with Crippen LogP contribution in [0.25, 0.3) is 0 Å². The molecule has 1 aromatic heterocycles. The van der Waals surface area contributed by atoms with Gasteiger partial charge in [0.1, 0.15) is 0 Å². The molecular weight excluding hydrogens is 170 g/mol. The summed E-state index contributed by atoms with van der Waals surface area (Å²) in [5.41, 5.74) is 5.88. The highest BCUT2D eigenvalue weighted by molar-refractivity contribution is 7.09. The zero-order valence-corrected chi connectivity index (χ0v) is 8.14. The molecule has 0 radical (unpaired) electrons. The smallest absolute Gasteiger partial charge is 0.0477 e. The van der Waals surface area contributed by atoms with Gasteiger partial charge in [-0.3, -0.25) is 0 Å². The van der Waals surface area contributed by atoms with Gasteiger partial charge in [-0.2, -0.15) is 0 Å². The summed E-state index contributed by atoms with van der Waals surface area (Å²) in [6.07, 6.45) is 1.91. The molecular formula is C9H15NOS. The third kappa shape index (κ3) is 3.34. The molecule has 12 heavy (non-hydrogen) atoms. The first-order valence-corrected chi connectivity index (χ1v) is 4.98. The summed E-state index contributed by atoms with van der Waals surface area (Å²) in [6, 6.07) is 4.42. The Balaban J connectivity index is 2.22. The van der Waals surface area contributed by atoms with Crippen LogP contribution in [-0.2, 0) is 11.2 Å². The highest BCUT2D eigenvalue weighted by atomic mass is 32.1. The first kappa shape index (κ1) is 9.71. The SMILES string of the molecule is COCCC(N)Cc1cccs1. The fraction of sp³-hybridized carbons (Fsp3) is 0.556. The van der Waals surface area contributed by atoms with Gasteiger partial charge in [0.15, 0.2) is 0 Å². The van der Waals surface area contributed by atoms with E-state index in [1.807, 2.05) is 0 Å². The van der Waals surface area contributed by atoms with Gasteiger partial charge in [-0.15, -0.1) is 11.3 Å². The van der Waals surface area contributed by atoms with Crippen molar-refractivity contribution in [3.8, 4) is 0 Å². The third-order valence-electron chi connectivity index (χ3n) is 1.74. The van der Waals surface area contributed by atoms with Crippen LogP contribution in [-0.4, -0.2) is 19.8 Å². The highest BCUT2D eigenvalue weighted by Gasteiger charge is 2.03. The van der Waals surface area contributed by atoms with Crippen molar-refractivity contribution in [2.45, 2.75) is 18.9 Å². The second-order valence-corrected chi connectivity index (χ2v) is 3.86. The van der Waals surface area contributed by atoms with Gasteiger partial charge < -0.3 is 10.5 Å². The number of hydrogen-bond donors (Lipinski definition) is 1. The normalized spacial score (nSPS) is 13.2. The van der Waals surface area contributed by atoms with E-state index in [0.29, 0.717) is 0 Å². The Morgan fingerprint density at radius 3 is 3.08 bits per heavy atom. The fourth-order valence-corrected chi connectivity index (χ4v) is 1.86. The number of methoxy groups -OCH3 is 1. The van der Waals surface area contributed by atoms with Crippen LogP contribution in [0.5, 0.6) is 0 Å². The lowest BCUT2D eigenvalue weighted by atomic mass is 10.1. The summed E-state index contributed by atoms with van der Waals surface area (Å²) in [7, 11) is 1.71. The van der Waals surface area contributed by atoms with E-state index in [-0.39, 0.29) is 6.04 Å². The van der Waals surface area contributed by atoms with Crippen molar-refractivity contribution < 1.29 is 4.74 Å². The number of nitrogens with two attached hydrogens (primary N) is 1. The molecule has 1 heterocycles. The van der Waals surface area contributed by atoms with E-state index < -0.39 is 0 Å². The van der Waals surface area contributed by atoms with Crippen molar-refractivity contribution in [1.82, 2.24) is 0 Å². The summed E-state index contributed by atoms with van der Waals surface area (Å²) in [6.45, 7) is 0.756. The summed E-state index contributed by atoms with van der Waals surface area (Å²) in [5, 5.41) is 2.08. The van der Waals surface area contributed by atoms with Crippen LogP contribution in [0.2, 0.25) is 0 Å². The van der Waals surface area contributed by atoms with Crippen molar-refractivity contribution in [2.75, 3.05) is 13.7 Å². The zero-order chi connectivity index (χ0) is 8.81. The van der Waals surface area contributed by atoms with Crippen molar-refractivity contribution in [1.29, 1.82) is 0 Å². The van der Waals surface area contributed by atoms with E-state index in [1.165, 1.54) is 4.88 Å². The molecule has 0 spiro atoms. The van der Waals surface area contributed by atoms with Gasteiger partial charge in [0.25, 0.3) is 0 Å². The summed E-state index contributed by atoms with van der Waals surface area (Å²) in [5.74, 6) is 0. The fourth-order valence-electron chi connectivity index (χ4n) is 1.06. The maximum atomic E-state index is 5.88. The van der Waals surface area contributed by atoms with E-state index in [4.69, 9.17) is 10.5 Å². The summed E-state index contributed by atoms with van der Waals surface area (Å²) >= 11 is 1.76. The zero-order valence-electron chi connectivity index (χ0n) is 7.32. The molecule has 0 saturated carbocycles. The Morgan fingerprint density at radius 1 is 1.67 bits per heavy atom. The molecule has 0 aliphatic carbocycles. The Hall–Kier alpha value is -0.380. The molecule has 0 aromatic carbocycles. The molecule has 2 N–H and O–H groups in total. The Kier molecular flexibility index (Phi) is 4.29. The predicted molar refractivity (Wildman–Crippen MR) is 52.5 cm³/mol. The van der Waals surface area contributed by atoms with Gasteiger partial charge in [-0.05, 0) is 24.3 Å². The Morgan fingerprint density at radius 2 is 2.50 bits per heavy atom. The van der Waals surface area contributed by atoms with E-state index >= 15 is 0 Å². The van der Waals surface area contributed by atoms with Gasteiger partial charge in [-0.1, -0.05) is 6.07 Å². The lowest BCUT2D eigenvalue weighted by Gasteiger charge is -2.08. The van der Waals surface area contributed by atoms with E-state index in [0.717, 1.165) is 19.4 Å². The van der Waals surface area contributed by atoms with Crippen LogP contribution in [0.15, 0.2) is 17.5 Å². The molecule has 1 atom stereocenters. The van der Waals surface area contributed by atoms with E-state index in [2.05, 4.69) is 17.5 Å². The molecule has 1 rings (SSSR count). The van der Waals surface area contributed by atoms with Crippen LogP contribution in [0, 0.1) is 0 Å². The molecule has 68 valence electrons.